The van der Waals surface area contributed by atoms with Crippen molar-refractivity contribution in [3.63, 3.8) is 0 Å². The molecule has 0 N–H and O–H groups in total. The van der Waals surface area contributed by atoms with Gasteiger partial charge in [0.2, 0.25) is 11.6 Å². The molecule has 0 spiro atoms. The molecule has 0 aliphatic heterocycles. The molecule has 0 atom stereocenters. The molecule has 3 nitrogen and oxygen atoms in total. The van der Waals surface area contributed by atoms with E-state index in [1.165, 1.54) is 18.7 Å². The van der Waals surface area contributed by atoms with Crippen molar-refractivity contribution in [1.29, 1.82) is 0 Å². The first-order valence-corrected chi connectivity index (χ1v) is 13.1. The third-order valence-electron chi connectivity index (χ3n) is 7.39. The van der Waals surface area contributed by atoms with Crippen molar-refractivity contribution in [2.45, 2.75) is 64.2 Å². The number of ether oxygens (including phenoxy) is 2. The van der Waals surface area contributed by atoms with Crippen molar-refractivity contribution in [2.75, 3.05) is 7.11 Å². The van der Waals surface area contributed by atoms with E-state index in [-0.39, 0.29) is 22.8 Å². The van der Waals surface area contributed by atoms with Crippen LogP contribution in [0, 0.1) is 29.2 Å². The van der Waals surface area contributed by atoms with Gasteiger partial charge in [-0.3, -0.25) is 4.79 Å². The quantitative estimate of drug-likeness (QED) is 0.121. The Morgan fingerprint density at radius 3 is 2.11 bits per heavy atom. The second-order valence-electron chi connectivity index (χ2n) is 9.85. The molecule has 3 aromatic carbocycles. The predicted molar refractivity (Wildman–Crippen MR) is 138 cm³/mol. The maximum Gasteiger partial charge on any atom is 0.314 e. The SMILES string of the molecule is CCCCCc1ccc(-c2ccc(C3CCC(C(=O)Oc4ccc(OC)c(F)c4F)CC3)c(F)c2F)cc1. The van der Waals surface area contributed by atoms with Gasteiger partial charge in [-0.1, -0.05) is 56.2 Å². The van der Waals surface area contributed by atoms with E-state index in [4.69, 9.17) is 9.47 Å². The first-order chi connectivity index (χ1) is 18.3. The van der Waals surface area contributed by atoms with Crippen molar-refractivity contribution in [1.82, 2.24) is 0 Å². The van der Waals surface area contributed by atoms with E-state index in [0.717, 1.165) is 31.7 Å². The molecule has 1 aliphatic carbocycles. The minimum absolute atomic E-state index is 0.220. The molecule has 0 aromatic heterocycles. The fraction of sp³-hybridized carbons (Fsp3) is 0.387. The van der Waals surface area contributed by atoms with Crippen molar-refractivity contribution >= 4 is 5.97 Å². The van der Waals surface area contributed by atoms with E-state index in [0.29, 0.717) is 31.2 Å². The lowest BCUT2D eigenvalue weighted by atomic mass is 9.78. The normalized spacial score (nSPS) is 17.3. The molecule has 7 heteroatoms. The number of rotatable bonds is 9. The number of benzene rings is 3. The number of halogens is 4. The van der Waals surface area contributed by atoms with Gasteiger partial charge in [0.15, 0.2) is 23.1 Å². The summed E-state index contributed by atoms with van der Waals surface area (Å²) in [5.74, 6) is -6.53. The number of aryl methyl sites for hydroxylation is 1. The summed E-state index contributed by atoms with van der Waals surface area (Å²) in [6.07, 6.45) is 6.00. The molecule has 1 aliphatic rings. The minimum Gasteiger partial charge on any atom is -0.494 e. The Hall–Kier alpha value is -3.35. The monoisotopic (exact) mass is 528 g/mol. The van der Waals surface area contributed by atoms with Gasteiger partial charge < -0.3 is 9.47 Å². The van der Waals surface area contributed by atoms with Gasteiger partial charge in [-0.05, 0) is 73.3 Å². The maximum atomic E-state index is 15.2. The molecule has 0 unspecified atom stereocenters. The molecular formula is C31H32F4O3. The molecule has 3 aromatic rings. The van der Waals surface area contributed by atoms with E-state index in [1.54, 1.807) is 12.1 Å². The Morgan fingerprint density at radius 1 is 0.789 bits per heavy atom. The van der Waals surface area contributed by atoms with Gasteiger partial charge in [0.05, 0.1) is 13.0 Å². The zero-order valence-corrected chi connectivity index (χ0v) is 21.7. The molecule has 202 valence electrons. The Morgan fingerprint density at radius 2 is 1.45 bits per heavy atom. The molecule has 0 amide bonds. The van der Waals surface area contributed by atoms with E-state index in [9.17, 15) is 13.6 Å². The number of carbonyl (C=O) groups excluding carboxylic acids is 1. The molecular weight excluding hydrogens is 496 g/mol. The smallest absolute Gasteiger partial charge is 0.314 e. The van der Waals surface area contributed by atoms with Crippen LogP contribution in [0.4, 0.5) is 17.6 Å². The predicted octanol–water partition coefficient (Wildman–Crippen LogP) is 8.53. The number of hydrogen-bond donors (Lipinski definition) is 0. The Bertz CT molecular complexity index is 1270. The van der Waals surface area contributed by atoms with Crippen molar-refractivity contribution in [3.8, 4) is 22.6 Å². The summed E-state index contributed by atoms with van der Waals surface area (Å²) in [6, 6.07) is 13.1. The molecule has 0 saturated heterocycles. The molecule has 1 fully saturated rings. The van der Waals surface area contributed by atoms with Crippen LogP contribution in [-0.4, -0.2) is 13.1 Å². The van der Waals surface area contributed by atoms with Gasteiger partial charge in [0, 0.05) is 5.56 Å². The maximum absolute atomic E-state index is 15.2. The van der Waals surface area contributed by atoms with Crippen LogP contribution in [0.25, 0.3) is 11.1 Å². The lowest BCUT2D eigenvalue weighted by molar-refractivity contribution is -0.140. The third-order valence-corrected chi connectivity index (χ3v) is 7.39. The largest absolute Gasteiger partial charge is 0.494 e. The second kappa shape index (κ2) is 12.5. The lowest BCUT2D eigenvalue weighted by Gasteiger charge is -2.28. The standard InChI is InChI=1S/C31H32F4O3/c1-3-4-5-6-19-7-9-20(10-8-19)23-15-16-24(28(33)27(23)32)21-11-13-22(14-12-21)31(36)38-26-18-17-25(37-2)29(34)30(26)35/h7-10,15-18,21-22H,3-6,11-14H2,1-2H3. The summed E-state index contributed by atoms with van der Waals surface area (Å²) in [5.41, 5.74) is 2.31. The Balaban J connectivity index is 1.39. The number of carbonyl (C=O) groups is 1. The van der Waals surface area contributed by atoms with Gasteiger partial charge in [-0.15, -0.1) is 0 Å². The average molecular weight is 529 g/mol. The Kier molecular flexibility index (Phi) is 9.08. The fourth-order valence-corrected chi connectivity index (χ4v) is 5.12. The highest BCUT2D eigenvalue weighted by Crippen LogP contribution is 2.40. The topological polar surface area (TPSA) is 35.5 Å². The van der Waals surface area contributed by atoms with Crippen LogP contribution in [0.3, 0.4) is 0 Å². The minimum atomic E-state index is -1.30. The highest BCUT2D eigenvalue weighted by atomic mass is 19.2. The second-order valence-corrected chi connectivity index (χ2v) is 9.85. The number of methoxy groups -OCH3 is 1. The number of hydrogen-bond acceptors (Lipinski definition) is 3. The molecule has 4 rings (SSSR count). The van der Waals surface area contributed by atoms with Crippen LogP contribution in [0.5, 0.6) is 11.5 Å². The first kappa shape index (κ1) is 27.7. The summed E-state index contributed by atoms with van der Waals surface area (Å²) >= 11 is 0. The van der Waals surface area contributed by atoms with Crippen LogP contribution in [0.2, 0.25) is 0 Å². The lowest BCUT2D eigenvalue weighted by Crippen LogP contribution is -2.26. The van der Waals surface area contributed by atoms with Crippen LogP contribution >= 0.6 is 0 Å². The highest BCUT2D eigenvalue weighted by Gasteiger charge is 2.31. The third kappa shape index (κ3) is 6.03. The number of esters is 1. The molecule has 0 bridgehead atoms. The van der Waals surface area contributed by atoms with Gasteiger partial charge in [-0.25, -0.2) is 8.78 Å². The van der Waals surface area contributed by atoms with E-state index in [2.05, 4.69) is 6.92 Å². The first-order valence-electron chi connectivity index (χ1n) is 13.1. The van der Waals surface area contributed by atoms with Crippen molar-refractivity contribution in [2.24, 2.45) is 5.92 Å². The van der Waals surface area contributed by atoms with Crippen LogP contribution in [-0.2, 0) is 11.2 Å². The average Bonchev–Trinajstić information content (AvgIpc) is 2.93. The van der Waals surface area contributed by atoms with Gasteiger partial charge in [0.1, 0.15) is 0 Å². The van der Waals surface area contributed by atoms with Gasteiger partial charge >= 0.3 is 5.97 Å². The van der Waals surface area contributed by atoms with Crippen molar-refractivity contribution < 1.29 is 31.8 Å². The summed E-state index contributed by atoms with van der Waals surface area (Å²) in [5, 5.41) is 0. The van der Waals surface area contributed by atoms with E-state index in [1.807, 2.05) is 24.3 Å². The summed E-state index contributed by atoms with van der Waals surface area (Å²) in [6.45, 7) is 2.15. The highest BCUT2D eigenvalue weighted by molar-refractivity contribution is 5.75. The zero-order chi connectivity index (χ0) is 27.2. The molecule has 0 heterocycles. The number of unbranched alkanes of at least 4 members (excludes halogenated alkanes) is 2. The van der Waals surface area contributed by atoms with Crippen LogP contribution in [0.15, 0.2) is 48.5 Å². The Labute approximate surface area is 220 Å². The summed E-state index contributed by atoms with van der Waals surface area (Å²) < 4.78 is 68.2. The van der Waals surface area contributed by atoms with Crippen molar-refractivity contribution in [3.05, 3.63) is 82.9 Å². The van der Waals surface area contributed by atoms with Crippen LogP contribution in [0.1, 0.15) is 68.9 Å². The zero-order valence-electron chi connectivity index (χ0n) is 21.7. The summed E-state index contributed by atoms with van der Waals surface area (Å²) in [4.78, 5) is 12.6. The molecule has 1 saturated carbocycles. The molecule has 38 heavy (non-hydrogen) atoms. The van der Waals surface area contributed by atoms with Crippen LogP contribution < -0.4 is 9.47 Å². The van der Waals surface area contributed by atoms with E-state index >= 15 is 8.78 Å². The van der Waals surface area contributed by atoms with E-state index < -0.39 is 40.9 Å². The summed E-state index contributed by atoms with van der Waals surface area (Å²) in [7, 11) is 1.21. The van der Waals surface area contributed by atoms with Gasteiger partial charge in [-0.2, -0.15) is 8.78 Å². The van der Waals surface area contributed by atoms with Gasteiger partial charge in [0.25, 0.3) is 0 Å². The molecule has 0 radical (unpaired) electrons. The fourth-order valence-electron chi connectivity index (χ4n) is 5.12.